The van der Waals surface area contributed by atoms with Crippen molar-refractivity contribution in [1.82, 2.24) is 9.80 Å². The Kier molecular flexibility index (Phi) is 4.26. The number of alkyl halides is 1. The standard InChI is InChI=1S/C11H21BrN2/c12-4-5-13-6-8-14(9-7-13)10-11-2-1-3-11/h11H,1-10H2. The van der Waals surface area contributed by atoms with Crippen LogP contribution in [-0.4, -0.2) is 54.4 Å². The number of hydrogen-bond donors (Lipinski definition) is 0. The minimum atomic E-state index is 1.04. The van der Waals surface area contributed by atoms with E-state index in [-0.39, 0.29) is 0 Å². The van der Waals surface area contributed by atoms with E-state index in [4.69, 9.17) is 0 Å². The third-order valence-corrected chi connectivity index (χ3v) is 3.96. The number of hydrogen-bond acceptors (Lipinski definition) is 2. The summed E-state index contributed by atoms with van der Waals surface area (Å²) in [5.74, 6) is 1.04. The summed E-state index contributed by atoms with van der Waals surface area (Å²) < 4.78 is 0. The van der Waals surface area contributed by atoms with Crippen molar-refractivity contribution in [2.24, 2.45) is 5.92 Å². The van der Waals surface area contributed by atoms with Gasteiger partial charge in [-0.1, -0.05) is 22.4 Å². The van der Waals surface area contributed by atoms with Crippen LogP contribution in [0.3, 0.4) is 0 Å². The van der Waals surface area contributed by atoms with E-state index in [1.165, 1.54) is 58.5 Å². The minimum absolute atomic E-state index is 1.04. The van der Waals surface area contributed by atoms with Gasteiger partial charge in [0.2, 0.25) is 0 Å². The van der Waals surface area contributed by atoms with E-state index >= 15 is 0 Å². The van der Waals surface area contributed by atoms with Gasteiger partial charge >= 0.3 is 0 Å². The summed E-state index contributed by atoms with van der Waals surface area (Å²) in [7, 11) is 0. The molecule has 2 fully saturated rings. The molecule has 2 rings (SSSR count). The van der Waals surface area contributed by atoms with Crippen LogP contribution in [0, 0.1) is 5.92 Å². The zero-order valence-corrected chi connectivity index (χ0v) is 10.5. The van der Waals surface area contributed by atoms with Gasteiger partial charge in [0.1, 0.15) is 0 Å². The molecular weight excluding hydrogens is 240 g/mol. The van der Waals surface area contributed by atoms with Gasteiger partial charge in [0.05, 0.1) is 0 Å². The molecule has 0 aromatic heterocycles. The van der Waals surface area contributed by atoms with Gasteiger partial charge in [-0.3, -0.25) is 4.90 Å². The zero-order valence-electron chi connectivity index (χ0n) is 8.92. The lowest BCUT2D eigenvalue weighted by Crippen LogP contribution is -2.48. The zero-order chi connectivity index (χ0) is 9.80. The SMILES string of the molecule is BrCCN1CCN(CC2CCC2)CC1. The summed E-state index contributed by atoms with van der Waals surface area (Å²) in [4.78, 5) is 5.22. The molecule has 2 aliphatic rings. The molecule has 0 spiro atoms. The lowest BCUT2D eigenvalue weighted by atomic mass is 9.85. The highest BCUT2D eigenvalue weighted by molar-refractivity contribution is 9.09. The maximum atomic E-state index is 3.51. The molecule has 0 N–H and O–H groups in total. The highest BCUT2D eigenvalue weighted by Gasteiger charge is 2.23. The highest BCUT2D eigenvalue weighted by atomic mass is 79.9. The van der Waals surface area contributed by atoms with E-state index in [2.05, 4.69) is 25.7 Å². The first-order valence-electron chi connectivity index (χ1n) is 5.89. The predicted molar refractivity (Wildman–Crippen MR) is 64.0 cm³/mol. The smallest absolute Gasteiger partial charge is 0.0159 e. The predicted octanol–water partition coefficient (Wildman–Crippen LogP) is 1.80. The van der Waals surface area contributed by atoms with E-state index in [1.54, 1.807) is 0 Å². The van der Waals surface area contributed by atoms with Crippen molar-refractivity contribution in [2.45, 2.75) is 19.3 Å². The molecule has 0 radical (unpaired) electrons. The average Bonchev–Trinajstić information content (AvgIpc) is 2.14. The Bertz CT molecular complexity index is 163. The summed E-state index contributed by atoms with van der Waals surface area (Å²) in [5.41, 5.74) is 0. The van der Waals surface area contributed by atoms with Crippen molar-refractivity contribution < 1.29 is 0 Å². The Morgan fingerprint density at radius 1 is 1.00 bits per heavy atom. The summed E-state index contributed by atoms with van der Waals surface area (Å²) >= 11 is 3.51. The van der Waals surface area contributed by atoms with Crippen molar-refractivity contribution in [3.8, 4) is 0 Å². The lowest BCUT2D eigenvalue weighted by molar-refractivity contribution is 0.104. The third-order valence-electron chi connectivity index (χ3n) is 3.61. The van der Waals surface area contributed by atoms with E-state index in [9.17, 15) is 0 Å². The monoisotopic (exact) mass is 260 g/mol. The Labute approximate surface area is 95.8 Å². The Morgan fingerprint density at radius 2 is 1.64 bits per heavy atom. The number of rotatable bonds is 4. The van der Waals surface area contributed by atoms with Crippen LogP contribution in [0.1, 0.15) is 19.3 Å². The van der Waals surface area contributed by atoms with Crippen molar-refractivity contribution in [3.63, 3.8) is 0 Å². The van der Waals surface area contributed by atoms with E-state index in [1.807, 2.05) is 0 Å². The molecule has 0 amide bonds. The molecule has 1 saturated heterocycles. The Hall–Kier alpha value is 0.400. The van der Waals surface area contributed by atoms with Crippen LogP contribution < -0.4 is 0 Å². The Morgan fingerprint density at radius 3 is 2.14 bits per heavy atom. The molecule has 0 unspecified atom stereocenters. The fourth-order valence-corrected chi connectivity index (χ4v) is 2.86. The van der Waals surface area contributed by atoms with Crippen LogP contribution >= 0.6 is 15.9 Å². The largest absolute Gasteiger partial charge is 0.301 e. The summed E-state index contributed by atoms with van der Waals surface area (Å²) in [5, 5.41) is 1.12. The molecule has 0 bridgehead atoms. The molecule has 0 aromatic rings. The summed E-state index contributed by atoms with van der Waals surface area (Å²) in [6, 6.07) is 0. The number of piperazine rings is 1. The van der Waals surface area contributed by atoms with Crippen molar-refractivity contribution in [2.75, 3.05) is 44.6 Å². The van der Waals surface area contributed by atoms with Crippen LogP contribution in [0.15, 0.2) is 0 Å². The molecule has 1 aliphatic heterocycles. The first kappa shape index (κ1) is 10.9. The van der Waals surface area contributed by atoms with Crippen molar-refractivity contribution in [3.05, 3.63) is 0 Å². The highest BCUT2D eigenvalue weighted by Crippen LogP contribution is 2.27. The van der Waals surface area contributed by atoms with Gasteiger partial charge in [0.15, 0.2) is 0 Å². The van der Waals surface area contributed by atoms with Gasteiger partial charge in [0, 0.05) is 44.6 Å². The van der Waals surface area contributed by atoms with Gasteiger partial charge in [-0.05, 0) is 18.8 Å². The van der Waals surface area contributed by atoms with Gasteiger partial charge in [0.25, 0.3) is 0 Å². The van der Waals surface area contributed by atoms with Crippen LogP contribution in [0.5, 0.6) is 0 Å². The molecule has 0 aromatic carbocycles. The molecule has 1 heterocycles. The molecule has 1 saturated carbocycles. The molecule has 82 valence electrons. The third kappa shape index (κ3) is 2.94. The number of nitrogens with zero attached hydrogens (tertiary/aromatic N) is 2. The molecule has 14 heavy (non-hydrogen) atoms. The average molecular weight is 261 g/mol. The summed E-state index contributed by atoms with van der Waals surface area (Å²) in [6.07, 6.45) is 4.46. The maximum absolute atomic E-state index is 3.51. The minimum Gasteiger partial charge on any atom is -0.301 e. The second kappa shape index (κ2) is 5.47. The van der Waals surface area contributed by atoms with Crippen molar-refractivity contribution in [1.29, 1.82) is 0 Å². The Balaban J connectivity index is 1.62. The van der Waals surface area contributed by atoms with Gasteiger partial charge in [-0.2, -0.15) is 0 Å². The van der Waals surface area contributed by atoms with E-state index in [0.717, 1.165) is 11.2 Å². The molecule has 0 atom stereocenters. The van der Waals surface area contributed by atoms with Crippen LogP contribution in [0.2, 0.25) is 0 Å². The molecule has 1 aliphatic carbocycles. The van der Waals surface area contributed by atoms with E-state index in [0.29, 0.717) is 0 Å². The van der Waals surface area contributed by atoms with E-state index < -0.39 is 0 Å². The molecular formula is C11H21BrN2. The van der Waals surface area contributed by atoms with Crippen LogP contribution in [0.4, 0.5) is 0 Å². The maximum Gasteiger partial charge on any atom is 0.0159 e. The van der Waals surface area contributed by atoms with Crippen LogP contribution in [-0.2, 0) is 0 Å². The fraction of sp³-hybridized carbons (Fsp3) is 1.00. The fourth-order valence-electron chi connectivity index (χ4n) is 2.36. The second-order valence-electron chi connectivity index (χ2n) is 4.63. The number of halogens is 1. The lowest BCUT2D eigenvalue weighted by Gasteiger charge is -2.38. The van der Waals surface area contributed by atoms with Gasteiger partial charge in [-0.15, -0.1) is 0 Å². The quantitative estimate of drug-likeness (QED) is 0.712. The summed E-state index contributed by atoms with van der Waals surface area (Å²) in [6.45, 7) is 7.74. The van der Waals surface area contributed by atoms with Gasteiger partial charge in [-0.25, -0.2) is 0 Å². The normalized spacial score (nSPS) is 26.4. The second-order valence-corrected chi connectivity index (χ2v) is 5.42. The van der Waals surface area contributed by atoms with Gasteiger partial charge < -0.3 is 4.90 Å². The molecule has 3 heteroatoms. The topological polar surface area (TPSA) is 6.48 Å². The van der Waals surface area contributed by atoms with Crippen molar-refractivity contribution >= 4 is 15.9 Å². The van der Waals surface area contributed by atoms with Crippen LogP contribution in [0.25, 0.3) is 0 Å². The first-order valence-corrected chi connectivity index (χ1v) is 7.01. The first-order chi connectivity index (χ1) is 6.88. The molecule has 2 nitrogen and oxygen atoms in total.